The lowest BCUT2D eigenvalue weighted by Crippen LogP contribution is -2.36. The smallest absolute Gasteiger partial charge is 0.110 e. The highest BCUT2D eigenvalue weighted by atomic mass is 15.1. The van der Waals surface area contributed by atoms with Crippen molar-refractivity contribution in [1.29, 1.82) is 0 Å². The van der Waals surface area contributed by atoms with E-state index < -0.39 is 0 Å². The maximum Gasteiger partial charge on any atom is 0.110 e. The van der Waals surface area contributed by atoms with Crippen LogP contribution in [0, 0.1) is 11.8 Å². The average molecular weight is 249 g/mol. The summed E-state index contributed by atoms with van der Waals surface area (Å²) in [5, 5.41) is 0. The lowest BCUT2D eigenvalue weighted by atomic mass is 9.76. The third-order valence-electron chi connectivity index (χ3n) is 4.57. The topological polar surface area (TPSA) is 43.8 Å². The Morgan fingerprint density at radius 3 is 3.00 bits per heavy atom. The van der Waals surface area contributed by atoms with Crippen LogP contribution in [0.15, 0.2) is 12.4 Å². The van der Waals surface area contributed by atoms with Crippen LogP contribution in [0.5, 0.6) is 0 Å². The summed E-state index contributed by atoms with van der Waals surface area (Å²) in [6.07, 6.45) is 11.6. The summed E-state index contributed by atoms with van der Waals surface area (Å²) < 4.78 is 2.21. The van der Waals surface area contributed by atoms with Crippen LogP contribution in [0.4, 0.5) is 0 Å². The Balaban J connectivity index is 1.93. The molecule has 1 aliphatic rings. The molecule has 3 heteroatoms. The van der Waals surface area contributed by atoms with Gasteiger partial charge in [-0.25, -0.2) is 4.98 Å². The molecular formula is C15H27N3. The summed E-state index contributed by atoms with van der Waals surface area (Å²) in [6.45, 7) is 5.46. The Morgan fingerprint density at radius 2 is 2.28 bits per heavy atom. The fourth-order valence-electron chi connectivity index (χ4n) is 3.29. The SMILES string of the molecule is CCC1CCCC(C(N)Cc2nccn2CC)C1. The molecule has 102 valence electrons. The van der Waals surface area contributed by atoms with E-state index in [1.54, 1.807) is 0 Å². The third-order valence-corrected chi connectivity index (χ3v) is 4.57. The molecule has 0 saturated heterocycles. The first-order valence-electron chi connectivity index (χ1n) is 7.50. The van der Waals surface area contributed by atoms with E-state index in [0.29, 0.717) is 5.92 Å². The van der Waals surface area contributed by atoms with Crippen LogP contribution in [-0.4, -0.2) is 15.6 Å². The minimum atomic E-state index is 0.284. The Bertz CT molecular complexity index is 358. The lowest BCUT2D eigenvalue weighted by Gasteiger charge is -2.32. The largest absolute Gasteiger partial charge is 0.335 e. The van der Waals surface area contributed by atoms with Crippen LogP contribution < -0.4 is 5.73 Å². The second kappa shape index (κ2) is 6.37. The highest BCUT2D eigenvalue weighted by molar-refractivity contribution is 4.96. The van der Waals surface area contributed by atoms with Gasteiger partial charge in [-0.15, -0.1) is 0 Å². The second-order valence-corrected chi connectivity index (χ2v) is 5.70. The van der Waals surface area contributed by atoms with Crippen molar-refractivity contribution in [3.63, 3.8) is 0 Å². The van der Waals surface area contributed by atoms with Gasteiger partial charge < -0.3 is 10.3 Å². The normalized spacial score (nSPS) is 26.2. The highest BCUT2D eigenvalue weighted by Gasteiger charge is 2.26. The zero-order chi connectivity index (χ0) is 13.0. The predicted molar refractivity (Wildman–Crippen MR) is 75.3 cm³/mol. The van der Waals surface area contributed by atoms with Crippen LogP contribution in [0.2, 0.25) is 0 Å². The van der Waals surface area contributed by atoms with E-state index in [4.69, 9.17) is 5.73 Å². The number of hydrogen-bond donors (Lipinski definition) is 1. The van der Waals surface area contributed by atoms with Gasteiger partial charge in [-0.2, -0.15) is 0 Å². The number of aromatic nitrogens is 2. The van der Waals surface area contributed by atoms with Crippen molar-refractivity contribution in [1.82, 2.24) is 9.55 Å². The van der Waals surface area contributed by atoms with Crippen molar-refractivity contribution in [2.24, 2.45) is 17.6 Å². The Morgan fingerprint density at radius 1 is 1.44 bits per heavy atom. The molecule has 3 unspecified atom stereocenters. The first-order valence-corrected chi connectivity index (χ1v) is 7.50. The minimum Gasteiger partial charge on any atom is -0.335 e. The molecule has 0 spiro atoms. The number of imidazole rings is 1. The van der Waals surface area contributed by atoms with Crippen LogP contribution in [0.1, 0.15) is 51.8 Å². The third kappa shape index (κ3) is 3.14. The van der Waals surface area contributed by atoms with E-state index in [9.17, 15) is 0 Å². The van der Waals surface area contributed by atoms with Gasteiger partial charge in [0.15, 0.2) is 0 Å². The Hall–Kier alpha value is -0.830. The molecule has 1 aliphatic carbocycles. The zero-order valence-corrected chi connectivity index (χ0v) is 11.8. The molecular weight excluding hydrogens is 222 g/mol. The van der Waals surface area contributed by atoms with E-state index in [1.165, 1.54) is 32.1 Å². The molecule has 1 heterocycles. The van der Waals surface area contributed by atoms with E-state index >= 15 is 0 Å². The van der Waals surface area contributed by atoms with Crippen molar-refractivity contribution >= 4 is 0 Å². The fraction of sp³-hybridized carbons (Fsp3) is 0.800. The molecule has 0 amide bonds. The average Bonchev–Trinajstić information content (AvgIpc) is 2.86. The molecule has 18 heavy (non-hydrogen) atoms. The number of hydrogen-bond acceptors (Lipinski definition) is 2. The predicted octanol–water partition coefficient (Wildman–Crippen LogP) is 2.99. The summed E-state index contributed by atoms with van der Waals surface area (Å²) in [4.78, 5) is 4.44. The molecule has 3 atom stereocenters. The first kappa shape index (κ1) is 13.6. The standard InChI is InChI=1S/C15H27N3/c1-3-12-6-5-7-13(10-12)14(16)11-15-17-8-9-18(15)4-2/h8-9,12-14H,3-7,10-11,16H2,1-2H3. The maximum absolute atomic E-state index is 6.43. The Labute approximate surface area is 111 Å². The van der Waals surface area contributed by atoms with Gasteiger partial charge in [0, 0.05) is 31.4 Å². The van der Waals surface area contributed by atoms with Gasteiger partial charge in [-0.1, -0.05) is 26.2 Å². The summed E-state index contributed by atoms with van der Waals surface area (Å²) in [5.41, 5.74) is 6.43. The summed E-state index contributed by atoms with van der Waals surface area (Å²) in [7, 11) is 0. The van der Waals surface area contributed by atoms with Crippen molar-refractivity contribution in [3.8, 4) is 0 Å². The van der Waals surface area contributed by atoms with Crippen molar-refractivity contribution in [2.75, 3.05) is 0 Å². The van der Waals surface area contributed by atoms with E-state index in [2.05, 4.69) is 29.6 Å². The molecule has 1 fully saturated rings. The van der Waals surface area contributed by atoms with Crippen molar-refractivity contribution in [2.45, 2.75) is 65.0 Å². The molecule has 0 bridgehead atoms. The van der Waals surface area contributed by atoms with Crippen molar-refractivity contribution < 1.29 is 0 Å². The molecule has 3 nitrogen and oxygen atoms in total. The van der Waals surface area contributed by atoms with Crippen molar-refractivity contribution in [3.05, 3.63) is 18.2 Å². The van der Waals surface area contributed by atoms with Gasteiger partial charge in [0.1, 0.15) is 5.82 Å². The molecule has 1 aromatic heterocycles. The van der Waals surface area contributed by atoms with Gasteiger partial charge in [-0.05, 0) is 31.6 Å². The van der Waals surface area contributed by atoms with Gasteiger partial charge in [0.2, 0.25) is 0 Å². The maximum atomic E-state index is 6.43. The van der Waals surface area contributed by atoms with Crippen LogP contribution in [0.3, 0.4) is 0 Å². The summed E-state index contributed by atoms with van der Waals surface area (Å²) >= 11 is 0. The van der Waals surface area contributed by atoms with Gasteiger partial charge in [0.25, 0.3) is 0 Å². The minimum absolute atomic E-state index is 0.284. The number of rotatable bonds is 5. The van der Waals surface area contributed by atoms with Gasteiger partial charge in [0.05, 0.1) is 0 Å². The number of aryl methyl sites for hydroxylation is 1. The summed E-state index contributed by atoms with van der Waals surface area (Å²) in [5.74, 6) is 2.76. The lowest BCUT2D eigenvalue weighted by molar-refractivity contribution is 0.226. The van der Waals surface area contributed by atoms with Crippen LogP contribution in [0.25, 0.3) is 0 Å². The number of nitrogens with two attached hydrogens (primary N) is 1. The molecule has 0 aromatic carbocycles. The molecule has 2 N–H and O–H groups in total. The van der Waals surface area contributed by atoms with Gasteiger partial charge >= 0.3 is 0 Å². The van der Waals surface area contributed by atoms with Crippen LogP contribution >= 0.6 is 0 Å². The van der Waals surface area contributed by atoms with E-state index in [1.807, 2.05) is 6.20 Å². The highest BCUT2D eigenvalue weighted by Crippen LogP contribution is 2.33. The molecule has 1 aromatic rings. The monoisotopic (exact) mass is 249 g/mol. The Kier molecular flexibility index (Phi) is 4.81. The summed E-state index contributed by atoms with van der Waals surface area (Å²) in [6, 6.07) is 0.284. The molecule has 1 saturated carbocycles. The number of nitrogens with zero attached hydrogens (tertiary/aromatic N) is 2. The first-order chi connectivity index (χ1) is 8.74. The zero-order valence-electron chi connectivity index (χ0n) is 11.8. The second-order valence-electron chi connectivity index (χ2n) is 5.70. The fourth-order valence-corrected chi connectivity index (χ4v) is 3.29. The van der Waals surface area contributed by atoms with E-state index in [-0.39, 0.29) is 6.04 Å². The molecule has 0 aliphatic heterocycles. The van der Waals surface area contributed by atoms with E-state index in [0.717, 1.165) is 24.7 Å². The van der Waals surface area contributed by atoms with Gasteiger partial charge in [-0.3, -0.25) is 0 Å². The van der Waals surface area contributed by atoms with Crippen LogP contribution in [-0.2, 0) is 13.0 Å². The molecule has 2 rings (SSSR count). The molecule has 0 radical (unpaired) electrons. The quantitative estimate of drug-likeness (QED) is 0.872.